The van der Waals surface area contributed by atoms with Gasteiger partial charge < -0.3 is 0 Å². The van der Waals surface area contributed by atoms with E-state index in [0.29, 0.717) is 5.92 Å². The van der Waals surface area contributed by atoms with E-state index in [-0.39, 0.29) is 0 Å². The summed E-state index contributed by atoms with van der Waals surface area (Å²) in [4.78, 5) is 0. The molecule has 1 fully saturated rings. The molecule has 0 aromatic carbocycles. The predicted octanol–water partition coefficient (Wildman–Crippen LogP) is 1.36. The average molecular weight is 74.1 g/mol. The Morgan fingerprint density at radius 3 is 2.00 bits per heavy atom. The predicted molar refractivity (Wildman–Crippen MR) is 18.7 cm³/mol. The molecule has 2 unspecified atom stereocenters. The smallest absolute Gasteiger partial charge is 0.103 e. The largest absolute Gasteiger partial charge is 0.247 e. The van der Waals surface area contributed by atoms with Gasteiger partial charge in [0.1, 0.15) is 6.17 Å². The fourth-order valence-electron chi connectivity index (χ4n) is 0.277. The molecule has 5 heavy (non-hydrogen) atoms. The zero-order chi connectivity index (χ0) is 3.86. The molecule has 1 rings (SSSR count). The van der Waals surface area contributed by atoms with Crippen molar-refractivity contribution in [3.63, 3.8) is 0 Å². The molecule has 1 saturated carbocycles. The third-order valence-electron chi connectivity index (χ3n) is 1.01. The van der Waals surface area contributed by atoms with E-state index in [4.69, 9.17) is 0 Å². The summed E-state index contributed by atoms with van der Waals surface area (Å²) in [7, 11) is 0. The van der Waals surface area contributed by atoms with E-state index in [9.17, 15) is 4.39 Å². The maximum atomic E-state index is 11.5. The molecule has 0 aromatic rings. The summed E-state index contributed by atoms with van der Waals surface area (Å²) in [6.07, 6.45) is 0.356. The fraction of sp³-hybridized carbons (Fsp3) is 1.00. The molecule has 0 N–H and O–H groups in total. The fourth-order valence-corrected chi connectivity index (χ4v) is 0.277. The SMILES string of the molecule is CC1CC1F. The molecule has 0 spiro atoms. The van der Waals surface area contributed by atoms with Crippen LogP contribution in [0.1, 0.15) is 13.3 Å². The molecule has 0 aliphatic heterocycles. The van der Waals surface area contributed by atoms with Gasteiger partial charge in [-0.3, -0.25) is 0 Å². The van der Waals surface area contributed by atoms with Gasteiger partial charge in [0.05, 0.1) is 0 Å². The lowest BCUT2D eigenvalue weighted by molar-refractivity contribution is 0.454. The Kier molecular flexibility index (Phi) is 0.440. The Morgan fingerprint density at radius 2 is 2.00 bits per heavy atom. The van der Waals surface area contributed by atoms with Gasteiger partial charge in [-0.1, -0.05) is 6.92 Å². The minimum atomic E-state index is -0.449. The van der Waals surface area contributed by atoms with Crippen LogP contribution < -0.4 is 0 Å². The number of halogens is 1. The zero-order valence-electron chi connectivity index (χ0n) is 3.24. The first kappa shape index (κ1) is 3.13. The second kappa shape index (κ2) is 0.703. The van der Waals surface area contributed by atoms with Gasteiger partial charge in [-0.15, -0.1) is 0 Å². The third-order valence-corrected chi connectivity index (χ3v) is 1.01. The van der Waals surface area contributed by atoms with Crippen LogP contribution in [-0.2, 0) is 0 Å². The molecule has 0 amide bonds. The molecule has 0 nitrogen and oxygen atoms in total. The van der Waals surface area contributed by atoms with Gasteiger partial charge in [0, 0.05) is 0 Å². The second-order valence-corrected chi connectivity index (χ2v) is 1.73. The Balaban J connectivity index is 2.20. The standard InChI is InChI=1S/C4H7F/c1-3-2-4(3)5/h3-4H,2H2,1H3. The molecular weight excluding hydrogens is 67.0 g/mol. The molecule has 1 aliphatic carbocycles. The van der Waals surface area contributed by atoms with Crippen molar-refractivity contribution >= 4 is 0 Å². The van der Waals surface area contributed by atoms with E-state index in [1.807, 2.05) is 6.92 Å². The first-order valence-electron chi connectivity index (χ1n) is 1.95. The van der Waals surface area contributed by atoms with Gasteiger partial charge in [0.15, 0.2) is 0 Å². The minimum Gasteiger partial charge on any atom is -0.247 e. The molecule has 0 aromatic heterocycles. The molecule has 0 saturated heterocycles. The van der Waals surface area contributed by atoms with Crippen molar-refractivity contribution in [2.24, 2.45) is 5.92 Å². The van der Waals surface area contributed by atoms with Gasteiger partial charge >= 0.3 is 0 Å². The lowest BCUT2D eigenvalue weighted by Crippen LogP contribution is -1.63. The van der Waals surface area contributed by atoms with Crippen molar-refractivity contribution in [2.45, 2.75) is 19.5 Å². The lowest BCUT2D eigenvalue weighted by atomic mass is 10.5. The molecular formula is C4H7F. The molecule has 0 heterocycles. The molecule has 2 atom stereocenters. The maximum absolute atomic E-state index is 11.5. The summed E-state index contributed by atoms with van der Waals surface area (Å²) in [5.41, 5.74) is 0. The Labute approximate surface area is 31.0 Å². The summed E-state index contributed by atoms with van der Waals surface area (Å²) < 4.78 is 11.5. The molecule has 0 radical (unpaired) electrons. The van der Waals surface area contributed by atoms with Crippen LogP contribution in [-0.4, -0.2) is 6.17 Å². The third kappa shape index (κ3) is 0.416. The van der Waals surface area contributed by atoms with Crippen LogP contribution in [0.15, 0.2) is 0 Å². The van der Waals surface area contributed by atoms with Crippen LogP contribution in [0.2, 0.25) is 0 Å². The van der Waals surface area contributed by atoms with E-state index in [0.717, 1.165) is 6.42 Å². The van der Waals surface area contributed by atoms with Gasteiger partial charge in [0.2, 0.25) is 0 Å². The summed E-state index contributed by atoms with van der Waals surface area (Å²) in [5, 5.41) is 0. The monoisotopic (exact) mass is 74.1 g/mol. The summed E-state index contributed by atoms with van der Waals surface area (Å²) in [6.45, 7) is 1.92. The highest BCUT2D eigenvalue weighted by molar-refractivity contribution is 4.81. The Morgan fingerprint density at radius 1 is 1.80 bits per heavy atom. The van der Waals surface area contributed by atoms with Crippen molar-refractivity contribution < 1.29 is 4.39 Å². The highest BCUT2D eigenvalue weighted by Crippen LogP contribution is 2.32. The zero-order valence-corrected chi connectivity index (χ0v) is 3.24. The normalized spacial score (nSPS) is 49.2. The molecule has 0 bridgehead atoms. The highest BCUT2D eigenvalue weighted by atomic mass is 19.1. The summed E-state index contributed by atoms with van der Waals surface area (Å²) in [6, 6.07) is 0. The lowest BCUT2D eigenvalue weighted by Gasteiger charge is -1.63. The van der Waals surface area contributed by atoms with Crippen molar-refractivity contribution in [3.8, 4) is 0 Å². The number of rotatable bonds is 0. The second-order valence-electron chi connectivity index (χ2n) is 1.73. The van der Waals surface area contributed by atoms with Crippen molar-refractivity contribution in [1.29, 1.82) is 0 Å². The average Bonchev–Trinajstić information content (AvgIpc) is 1.79. The summed E-state index contributed by atoms with van der Waals surface area (Å²) >= 11 is 0. The summed E-state index contributed by atoms with van der Waals surface area (Å²) in [5.74, 6) is 0.384. The van der Waals surface area contributed by atoms with Crippen molar-refractivity contribution in [2.75, 3.05) is 0 Å². The molecule has 1 heteroatoms. The van der Waals surface area contributed by atoms with E-state index < -0.39 is 6.17 Å². The van der Waals surface area contributed by atoms with Crippen LogP contribution in [0.5, 0.6) is 0 Å². The van der Waals surface area contributed by atoms with E-state index >= 15 is 0 Å². The van der Waals surface area contributed by atoms with Gasteiger partial charge in [0.25, 0.3) is 0 Å². The molecule has 30 valence electrons. The first-order chi connectivity index (χ1) is 2.30. The Bertz CT molecular complexity index is 36.9. The quantitative estimate of drug-likeness (QED) is 0.407. The number of hydrogen-bond donors (Lipinski definition) is 0. The Hall–Kier alpha value is -0.0700. The van der Waals surface area contributed by atoms with E-state index in [2.05, 4.69) is 0 Å². The van der Waals surface area contributed by atoms with Crippen molar-refractivity contribution in [3.05, 3.63) is 0 Å². The maximum Gasteiger partial charge on any atom is 0.103 e. The van der Waals surface area contributed by atoms with E-state index in [1.165, 1.54) is 0 Å². The van der Waals surface area contributed by atoms with Gasteiger partial charge in [-0.25, -0.2) is 4.39 Å². The van der Waals surface area contributed by atoms with Gasteiger partial charge in [-0.05, 0) is 12.3 Å². The first-order valence-corrected chi connectivity index (χ1v) is 1.95. The number of hydrogen-bond acceptors (Lipinski definition) is 0. The van der Waals surface area contributed by atoms with Crippen molar-refractivity contribution in [1.82, 2.24) is 0 Å². The van der Waals surface area contributed by atoms with Crippen LogP contribution in [0.4, 0.5) is 4.39 Å². The number of alkyl halides is 1. The van der Waals surface area contributed by atoms with Crippen LogP contribution in [0.25, 0.3) is 0 Å². The van der Waals surface area contributed by atoms with Crippen LogP contribution in [0.3, 0.4) is 0 Å². The minimum absolute atomic E-state index is 0.384. The van der Waals surface area contributed by atoms with E-state index in [1.54, 1.807) is 0 Å². The highest BCUT2D eigenvalue weighted by Gasteiger charge is 2.31. The molecule has 1 aliphatic rings. The van der Waals surface area contributed by atoms with Gasteiger partial charge in [-0.2, -0.15) is 0 Å². The topological polar surface area (TPSA) is 0 Å². The van der Waals surface area contributed by atoms with Crippen LogP contribution >= 0.6 is 0 Å². The van der Waals surface area contributed by atoms with Crippen LogP contribution in [0, 0.1) is 5.92 Å².